The molecule has 0 spiro atoms. The number of benzene rings is 1. The van der Waals surface area contributed by atoms with Crippen molar-refractivity contribution in [3.8, 4) is 0 Å². The highest BCUT2D eigenvalue weighted by molar-refractivity contribution is 5.99. The topological polar surface area (TPSA) is 77.3 Å². The summed E-state index contributed by atoms with van der Waals surface area (Å²) < 4.78 is 5.75. The summed E-state index contributed by atoms with van der Waals surface area (Å²) in [6.07, 6.45) is 5.27. The Labute approximate surface area is 122 Å². The standard InChI is InChI=1S/C15H17N3O3/c1-15(6-2-8-21-15)10-17-13-3-4-14(18(19)20)12-9-16-7-5-11(12)13/h3-5,7,9,17H,2,6,8,10H2,1H3. The van der Waals surface area contributed by atoms with Crippen LogP contribution in [0.2, 0.25) is 0 Å². The van der Waals surface area contributed by atoms with Crippen LogP contribution in [0.15, 0.2) is 30.6 Å². The third-order valence-electron chi connectivity index (χ3n) is 3.95. The Morgan fingerprint density at radius 3 is 3.00 bits per heavy atom. The number of non-ortho nitro benzene ring substituents is 1. The molecule has 0 aliphatic carbocycles. The first-order chi connectivity index (χ1) is 10.1. The highest BCUT2D eigenvalue weighted by atomic mass is 16.6. The lowest BCUT2D eigenvalue weighted by Crippen LogP contribution is -2.32. The number of rotatable bonds is 4. The Morgan fingerprint density at radius 2 is 2.29 bits per heavy atom. The predicted molar refractivity (Wildman–Crippen MR) is 80.5 cm³/mol. The highest BCUT2D eigenvalue weighted by Gasteiger charge is 2.29. The molecular weight excluding hydrogens is 270 g/mol. The molecule has 1 aliphatic rings. The van der Waals surface area contributed by atoms with Crippen molar-refractivity contribution in [2.24, 2.45) is 0 Å². The second-order valence-corrected chi connectivity index (χ2v) is 5.57. The molecule has 0 bridgehead atoms. The van der Waals surface area contributed by atoms with Crippen LogP contribution in [-0.2, 0) is 4.74 Å². The van der Waals surface area contributed by atoms with Gasteiger partial charge in [0.15, 0.2) is 0 Å². The van der Waals surface area contributed by atoms with E-state index in [1.807, 2.05) is 0 Å². The number of anilines is 1. The average molecular weight is 287 g/mol. The second-order valence-electron chi connectivity index (χ2n) is 5.57. The number of nitrogens with zero attached hydrogens (tertiary/aromatic N) is 2. The zero-order valence-corrected chi connectivity index (χ0v) is 11.8. The Kier molecular flexibility index (Phi) is 3.47. The van der Waals surface area contributed by atoms with Crippen molar-refractivity contribution in [1.29, 1.82) is 0 Å². The van der Waals surface area contributed by atoms with Gasteiger partial charge < -0.3 is 10.1 Å². The van der Waals surface area contributed by atoms with Gasteiger partial charge in [0.1, 0.15) is 0 Å². The summed E-state index contributed by atoms with van der Waals surface area (Å²) >= 11 is 0. The van der Waals surface area contributed by atoms with E-state index in [-0.39, 0.29) is 16.2 Å². The molecule has 1 unspecified atom stereocenters. The molecule has 6 nitrogen and oxygen atoms in total. The van der Waals surface area contributed by atoms with Gasteiger partial charge in [-0.15, -0.1) is 0 Å². The maximum Gasteiger partial charge on any atom is 0.278 e. The van der Waals surface area contributed by atoms with Gasteiger partial charge >= 0.3 is 0 Å². The molecule has 2 aromatic rings. The molecule has 0 radical (unpaired) electrons. The first-order valence-electron chi connectivity index (χ1n) is 6.98. The van der Waals surface area contributed by atoms with Gasteiger partial charge in [0.25, 0.3) is 5.69 Å². The molecule has 1 fully saturated rings. The summed E-state index contributed by atoms with van der Waals surface area (Å²) in [5.74, 6) is 0. The molecule has 1 aliphatic heterocycles. The SMILES string of the molecule is CC1(CNc2ccc([N+](=O)[O-])c3cnccc23)CCCO1. The summed E-state index contributed by atoms with van der Waals surface area (Å²) in [5.41, 5.74) is 0.780. The van der Waals surface area contributed by atoms with E-state index in [0.717, 1.165) is 30.5 Å². The molecule has 0 amide bonds. The summed E-state index contributed by atoms with van der Waals surface area (Å²) in [6, 6.07) is 5.06. The van der Waals surface area contributed by atoms with E-state index in [4.69, 9.17) is 4.74 Å². The van der Waals surface area contributed by atoms with Crippen LogP contribution in [0, 0.1) is 10.1 Å². The fourth-order valence-electron chi connectivity index (χ4n) is 2.75. The number of aromatic nitrogens is 1. The minimum Gasteiger partial charge on any atom is -0.382 e. The van der Waals surface area contributed by atoms with Gasteiger partial charge in [-0.25, -0.2) is 0 Å². The van der Waals surface area contributed by atoms with E-state index in [2.05, 4.69) is 17.2 Å². The Balaban J connectivity index is 1.92. The van der Waals surface area contributed by atoms with Crippen molar-refractivity contribution >= 4 is 22.1 Å². The average Bonchev–Trinajstić information content (AvgIpc) is 2.91. The van der Waals surface area contributed by atoms with Crippen LogP contribution in [0.1, 0.15) is 19.8 Å². The lowest BCUT2D eigenvalue weighted by atomic mass is 10.0. The van der Waals surface area contributed by atoms with E-state index in [1.165, 1.54) is 12.3 Å². The van der Waals surface area contributed by atoms with E-state index >= 15 is 0 Å². The zero-order valence-electron chi connectivity index (χ0n) is 11.8. The molecule has 1 saturated heterocycles. The molecule has 1 aromatic carbocycles. The van der Waals surface area contributed by atoms with Crippen LogP contribution in [0.4, 0.5) is 11.4 Å². The lowest BCUT2D eigenvalue weighted by Gasteiger charge is -2.24. The van der Waals surface area contributed by atoms with Gasteiger partial charge in [0, 0.05) is 42.7 Å². The molecule has 0 saturated carbocycles. The third kappa shape index (κ3) is 2.67. The van der Waals surface area contributed by atoms with E-state index in [9.17, 15) is 10.1 Å². The monoisotopic (exact) mass is 287 g/mol. The number of ether oxygens (including phenoxy) is 1. The minimum atomic E-state index is -0.380. The van der Waals surface area contributed by atoms with Gasteiger partial charge in [-0.1, -0.05) is 0 Å². The quantitative estimate of drug-likeness (QED) is 0.690. The van der Waals surface area contributed by atoms with Crippen LogP contribution in [0.5, 0.6) is 0 Å². The normalized spacial score (nSPS) is 21.6. The molecule has 2 heterocycles. The fraction of sp³-hybridized carbons (Fsp3) is 0.400. The molecule has 6 heteroatoms. The van der Waals surface area contributed by atoms with Crippen LogP contribution in [-0.4, -0.2) is 28.7 Å². The van der Waals surface area contributed by atoms with E-state index in [1.54, 1.807) is 18.3 Å². The second kappa shape index (κ2) is 5.29. The highest BCUT2D eigenvalue weighted by Crippen LogP contribution is 2.32. The summed E-state index contributed by atoms with van der Waals surface area (Å²) in [7, 11) is 0. The summed E-state index contributed by atoms with van der Waals surface area (Å²) in [5, 5.41) is 15.8. The van der Waals surface area contributed by atoms with Crippen LogP contribution in [0.25, 0.3) is 10.8 Å². The number of nitrogens with one attached hydrogen (secondary N) is 1. The van der Waals surface area contributed by atoms with Gasteiger partial charge in [0.05, 0.1) is 15.9 Å². The molecule has 21 heavy (non-hydrogen) atoms. The van der Waals surface area contributed by atoms with E-state index < -0.39 is 0 Å². The zero-order chi connectivity index (χ0) is 14.9. The number of hydrogen-bond acceptors (Lipinski definition) is 5. The van der Waals surface area contributed by atoms with Crippen molar-refractivity contribution in [3.05, 3.63) is 40.7 Å². The number of hydrogen-bond donors (Lipinski definition) is 1. The summed E-state index contributed by atoms with van der Waals surface area (Å²) in [4.78, 5) is 14.7. The first-order valence-corrected chi connectivity index (χ1v) is 6.98. The third-order valence-corrected chi connectivity index (χ3v) is 3.95. The molecule has 1 N–H and O–H groups in total. The van der Waals surface area contributed by atoms with E-state index in [0.29, 0.717) is 11.9 Å². The Morgan fingerprint density at radius 1 is 1.43 bits per heavy atom. The predicted octanol–water partition coefficient (Wildman–Crippen LogP) is 3.12. The van der Waals surface area contributed by atoms with Gasteiger partial charge in [-0.05, 0) is 31.9 Å². The number of pyridine rings is 1. The summed E-state index contributed by atoms with van der Waals surface area (Å²) in [6.45, 7) is 3.56. The molecule has 1 aromatic heterocycles. The van der Waals surface area contributed by atoms with Crippen molar-refractivity contribution in [2.45, 2.75) is 25.4 Å². The van der Waals surface area contributed by atoms with Gasteiger partial charge in [-0.2, -0.15) is 0 Å². The van der Waals surface area contributed by atoms with Gasteiger partial charge in [-0.3, -0.25) is 15.1 Å². The Hall–Kier alpha value is -2.21. The van der Waals surface area contributed by atoms with Crippen molar-refractivity contribution in [2.75, 3.05) is 18.5 Å². The minimum absolute atomic E-state index is 0.0759. The molecule has 3 rings (SSSR count). The largest absolute Gasteiger partial charge is 0.382 e. The fourth-order valence-corrected chi connectivity index (χ4v) is 2.75. The first kappa shape index (κ1) is 13.8. The van der Waals surface area contributed by atoms with Crippen LogP contribution in [0.3, 0.4) is 0 Å². The smallest absolute Gasteiger partial charge is 0.278 e. The number of nitro groups is 1. The van der Waals surface area contributed by atoms with Crippen molar-refractivity contribution < 1.29 is 9.66 Å². The van der Waals surface area contributed by atoms with Gasteiger partial charge in [0.2, 0.25) is 0 Å². The lowest BCUT2D eigenvalue weighted by molar-refractivity contribution is -0.383. The molecule has 1 atom stereocenters. The maximum atomic E-state index is 11.1. The Bertz CT molecular complexity index is 681. The maximum absolute atomic E-state index is 11.1. The molecule has 110 valence electrons. The molecular formula is C15H17N3O3. The number of fused-ring (bicyclic) bond motifs is 1. The number of nitro benzene ring substituents is 1. The van der Waals surface area contributed by atoms with Crippen LogP contribution < -0.4 is 5.32 Å². The van der Waals surface area contributed by atoms with Crippen LogP contribution >= 0.6 is 0 Å². The van der Waals surface area contributed by atoms with Crippen molar-refractivity contribution in [3.63, 3.8) is 0 Å². The van der Waals surface area contributed by atoms with Crippen molar-refractivity contribution in [1.82, 2.24) is 4.98 Å².